The number of carbonyl (C=O) groups excluding carboxylic acids is 3. The lowest BCUT2D eigenvalue weighted by Crippen LogP contribution is -2.22. The van der Waals surface area contributed by atoms with Gasteiger partial charge in [-0.05, 0) is 49.4 Å². The average molecular weight is 435 g/mol. The first-order valence-electron chi connectivity index (χ1n) is 9.44. The monoisotopic (exact) mass is 435 g/mol. The third kappa shape index (κ3) is 3.73. The molecule has 1 aliphatic rings. The SMILES string of the molecule is CCOC(=O)c1ccc(NS(=O)(=O)c2ccc3c(c2)C(=O)c2ccccc2C3=O)cc1. The molecule has 3 aromatic rings. The van der Waals surface area contributed by atoms with Gasteiger partial charge in [-0.3, -0.25) is 14.3 Å². The maximum Gasteiger partial charge on any atom is 0.338 e. The quantitative estimate of drug-likeness (QED) is 0.481. The predicted molar refractivity (Wildman–Crippen MR) is 113 cm³/mol. The maximum atomic E-state index is 12.8. The van der Waals surface area contributed by atoms with Crippen LogP contribution in [0.2, 0.25) is 0 Å². The van der Waals surface area contributed by atoms with Crippen molar-refractivity contribution in [1.29, 1.82) is 0 Å². The van der Waals surface area contributed by atoms with E-state index in [1.165, 1.54) is 42.5 Å². The van der Waals surface area contributed by atoms with Gasteiger partial charge < -0.3 is 4.74 Å². The highest BCUT2D eigenvalue weighted by atomic mass is 32.2. The minimum absolute atomic E-state index is 0.0456. The lowest BCUT2D eigenvalue weighted by molar-refractivity contribution is 0.0526. The van der Waals surface area contributed by atoms with E-state index in [0.29, 0.717) is 11.1 Å². The maximum absolute atomic E-state index is 12.8. The molecule has 0 aliphatic heterocycles. The van der Waals surface area contributed by atoms with Crippen LogP contribution in [0, 0.1) is 0 Å². The second-order valence-electron chi connectivity index (χ2n) is 6.81. The Morgan fingerprint density at radius 3 is 2.03 bits per heavy atom. The van der Waals surface area contributed by atoms with E-state index in [-0.39, 0.29) is 39.7 Å². The number of carbonyl (C=O) groups is 3. The van der Waals surface area contributed by atoms with Crippen molar-refractivity contribution in [2.45, 2.75) is 11.8 Å². The van der Waals surface area contributed by atoms with Crippen molar-refractivity contribution < 1.29 is 27.5 Å². The summed E-state index contributed by atoms with van der Waals surface area (Å²) < 4.78 is 33.0. The summed E-state index contributed by atoms with van der Waals surface area (Å²) in [5.74, 6) is -1.23. The molecule has 0 heterocycles. The molecule has 1 N–H and O–H groups in total. The van der Waals surface area contributed by atoms with Gasteiger partial charge in [0.05, 0.1) is 17.1 Å². The van der Waals surface area contributed by atoms with Crippen LogP contribution in [0.15, 0.2) is 71.6 Å². The molecule has 7 nitrogen and oxygen atoms in total. The van der Waals surface area contributed by atoms with Gasteiger partial charge in [0.25, 0.3) is 10.0 Å². The normalized spacial score (nSPS) is 12.7. The Labute approximate surface area is 178 Å². The number of ketones is 2. The zero-order valence-corrected chi connectivity index (χ0v) is 17.2. The zero-order chi connectivity index (χ0) is 22.2. The molecule has 0 aromatic heterocycles. The predicted octanol–water partition coefficient (Wildman–Crippen LogP) is 3.44. The Bertz CT molecular complexity index is 1330. The van der Waals surface area contributed by atoms with Crippen molar-refractivity contribution in [3.05, 3.63) is 94.5 Å². The van der Waals surface area contributed by atoms with E-state index in [2.05, 4.69) is 4.72 Å². The van der Waals surface area contributed by atoms with Gasteiger partial charge in [-0.25, -0.2) is 13.2 Å². The molecule has 0 spiro atoms. The largest absolute Gasteiger partial charge is 0.462 e. The van der Waals surface area contributed by atoms with Gasteiger partial charge >= 0.3 is 5.97 Å². The summed E-state index contributed by atoms with van der Waals surface area (Å²) in [5.41, 5.74) is 1.29. The van der Waals surface area contributed by atoms with Crippen LogP contribution in [0.4, 0.5) is 5.69 Å². The van der Waals surface area contributed by atoms with Crippen LogP contribution in [-0.4, -0.2) is 32.6 Å². The van der Waals surface area contributed by atoms with Crippen LogP contribution >= 0.6 is 0 Å². The van der Waals surface area contributed by atoms with Crippen LogP contribution in [0.25, 0.3) is 0 Å². The van der Waals surface area contributed by atoms with Crippen molar-refractivity contribution in [2.24, 2.45) is 0 Å². The number of hydrogen-bond acceptors (Lipinski definition) is 6. The second kappa shape index (κ2) is 7.81. The highest BCUT2D eigenvalue weighted by molar-refractivity contribution is 7.92. The van der Waals surface area contributed by atoms with Crippen LogP contribution in [0.5, 0.6) is 0 Å². The van der Waals surface area contributed by atoms with E-state index in [0.717, 1.165) is 0 Å². The molecule has 0 amide bonds. The molecule has 0 fully saturated rings. The molecule has 3 aromatic carbocycles. The molecule has 0 bridgehead atoms. The summed E-state index contributed by atoms with van der Waals surface area (Å²) in [6.45, 7) is 1.92. The number of hydrogen-bond donors (Lipinski definition) is 1. The lowest BCUT2D eigenvalue weighted by atomic mass is 9.84. The fourth-order valence-corrected chi connectivity index (χ4v) is 4.43. The van der Waals surface area contributed by atoms with Crippen LogP contribution in [0.1, 0.15) is 49.1 Å². The van der Waals surface area contributed by atoms with E-state index in [9.17, 15) is 22.8 Å². The van der Waals surface area contributed by atoms with Gasteiger partial charge in [0.15, 0.2) is 11.6 Å². The molecular weight excluding hydrogens is 418 g/mol. The summed E-state index contributed by atoms with van der Waals surface area (Å²) in [5, 5.41) is 0. The Hall–Kier alpha value is -3.78. The number of benzene rings is 3. The highest BCUT2D eigenvalue weighted by Gasteiger charge is 2.30. The number of sulfonamides is 1. The molecular formula is C23H17NO6S. The summed E-state index contributed by atoms with van der Waals surface area (Å²) in [4.78, 5) is 37.1. The molecule has 1 aliphatic carbocycles. The Morgan fingerprint density at radius 1 is 0.839 bits per heavy atom. The number of rotatable bonds is 5. The van der Waals surface area contributed by atoms with Gasteiger partial charge in [-0.15, -0.1) is 0 Å². The summed E-state index contributed by atoms with van der Waals surface area (Å²) in [6.07, 6.45) is 0. The minimum atomic E-state index is -4.04. The molecule has 156 valence electrons. The van der Waals surface area contributed by atoms with E-state index < -0.39 is 21.8 Å². The summed E-state index contributed by atoms with van der Waals surface area (Å²) in [6, 6.07) is 16.1. The highest BCUT2D eigenvalue weighted by Crippen LogP contribution is 2.29. The van der Waals surface area contributed by atoms with Crippen molar-refractivity contribution in [2.75, 3.05) is 11.3 Å². The number of ether oxygens (including phenoxy) is 1. The standard InChI is InChI=1S/C23H17NO6S/c1-2-30-23(27)14-7-9-15(10-8-14)24-31(28,29)16-11-12-19-20(13-16)22(26)18-6-4-3-5-17(18)21(19)25/h3-13,24H,2H2,1H3. The number of esters is 1. The van der Waals surface area contributed by atoms with Gasteiger partial charge in [0, 0.05) is 27.9 Å². The van der Waals surface area contributed by atoms with E-state index in [1.54, 1.807) is 31.2 Å². The van der Waals surface area contributed by atoms with Crippen LogP contribution < -0.4 is 4.72 Å². The summed E-state index contributed by atoms with van der Waals surface area (Å²) in [7, 11) is -4.04. The number of anilines is 1. The Morgan fingerprint density at radius 2 is 1.42 bits per heavy atom. The van der Waals surface area contributed by atoms with Crippen molar-refractivity contribution >= 4 is 33.2 Å². The minimum Gasteiger partial charge on any atom is -0.462 e. The third-order valence-corrected chi connectivity index (χ3v) is 6.23. The molecule has 0 unspecified atom stereocenters. The van der Waals surface area contributed by atoms with E-state index >= 15 is 0 Å². The van der Waals surface area contributed by atoms with Gasteiger partial charge in [0.1, 0.15) is 0 Å². The van der Waals surface area contributed by atoms with Crippen molar-refractivity contribution in [3.63, 3.8) is 0 Å². The molecule has 4 rings (SSSR count). The van der Waals surface area contributed by atoms with Crippen molar-refractivity contribution in [1.82, 2.24) is 0 Å². The van der Waals surface area contributed by atoms with Gasteiger partial charge in [-0.2, -0.15) is 0 Å². The molecule has 0 radical (unpaired) electrons. The van der Waals surface area contributed by atoms with E-state index in [4.69, 9.17) is 4.74 Å². The first-order valence-corrected chi connectivity index (χ1v) is 10.9. The fraction of sp³-hybridized carbons (Fsp3) is 0.0870. The average Bonchev–Trinajstić information content (AvgIpc) is 2.77. The molecule has 8 heteroatoms. The fourth-order valence-electron chi connectivity index (χ4n) is 3.35. The van der Waals surface area contributed by atoms with E-state index in [1.807, 2.05) is 0 Å². The van der Waals surface area contributed by atoms with Crippen LogP contribution in [0.3, 0.4) is 0 Å². The number of fused-ring (bicyclic) bond motifs is 2. The number of nitrogens with one attached hydrogen (secondary N) is 1. The topological polar surface area (TPSA) is 107 Å². The lowest BCUT2D eigenvalue weighted by Gasteiger charge is -2.18. The van der Waals surface area contributed by atoms with Crippen LogP contribution in [-0.2, 0) is 14.8 Å². The van der Waals surface area contributed by atoms with Gasteiger partial charge in [0.2, 0.25) is 0 Å². The Kier molecular flexibility index (Phi) is 5.16. The second-order valence-corrected chi connectivity index (χ2v) is 8.50. The first kappa shape index (κ1) is 20.5. The molecule has 0 saturated heterocycles. The zero-order valence-electron chi connectivity index (χ0n) is 16.4. The first-order chi connectivity index (χ1) is 14.8. The molecule has 0 atom stereocenters. The van der Waals surface area contributed by atoms with Gasteiger partial charge in [-0.1, -0.05) is 24.3 Å². The summed E-state index contributed by atoms with van der Waals surface area (Å²) >= 11 is 0. The third-order valence-electron chi connectivity index (χ3n) is 4.86. The Balaban J connectivity index is 1.64. The smallest absolute Gasteiger partial charge is 0.338 e. The molecule has 31 heavy (non-hydrogen) atoms. The van der Waals surface area contributed by atoms with Crippen molar-refractivity contribution in [3.8, 4) is 0 Å². The molecule has 0 saturated carbocycles.